The van der Waals surface area contributed by atoms with Gasteiger partial charge in [0, 0.05) is 5.69 Å². The van der Waals surface area contributed by atoms with Gasteiger partial charge in [-0.15, -0.1) is 11.3 Å². The summed E-state index contributed by atoms with van der Waals surface area (Å²) in [7, 11) is 0. The summed E-state index contributed by atoms with van der Waals surface area (Å²) in [6.07, 6.45) is -4.38. The van der Waals surface area contributed by atoms with Crippen molar-refractivity contribution in [1.82, 2.24) is 9.97 Å². The molecule has 0 bridgehead atoms. The number of pyridine rings is 1. The fraction of sp³-hybridized carbons (Fsp3) is 0.400. The van der Waals surface area contributed by atoms with Crippen LogP contribution in [0.3, 0.4) is 0 Å². The van der Waals surface area contributed by atoms with Crippen LogP contribution in [0.25, 0.3) is 10.3 Å². The lowest BCUT2D eigenvalue weighted by Gasteiger charge is -2.10. The van der Waals surface area contributed by atoms with Crippen LogP contribution in [0.15, 0.2) is 11.6 Å². The first-order valence-electron chi connectivity index (χ1n) is 4.71. The van der Waals surface area contributed by atoms with E-state index >= 15 is 0 Å². The van der Waals surface area contributed by atoms with Crippen molar-refractivity contribution in [2.45, 2.75) is 25.9 Å². The summed E-state index contributed by atoms with van der Waals surface area (Å²) >= 11 is 1.13. The van der Waals surface area contributed by atoms with Crippen molar-refractivity contribution in [1.29, 1.82) is 0 Å². The second kappa shape index (κ2) is 3.69. The molecule has 2 aromatic rings. The highest BCUT2D eigenvalue weighted by molar-refractivity contribution is 7.16. The normalized spacial score (nSPS) is 12.6. The molecule has 0 spiro atoms. The maximum Gasteiger partial charge on any atom is 0.418 e. The Morgan fingerprint density at radius 1 is 1.31 bits per heavy atom. The Kier molecular flexibility index (Phi) is 2.61. The van der Waals surface area contributed by atoms with Gasteiger partial charge in [0.15, 0.2) is 0 Å². The van der Waals surface area contributed by atoms with E-state index in [9.17, 15) is 13.2 Å². The molecule has 0 saturated heterocycles. The third kappa shape index (κ3) is 1.89. The van der Waals surface area contributed by atoms with Crippen molar-refractivity contribution < 1.29 is 13.2 Å². The van der Waals surface area contributed by atoms with Crippen LogP contribution in [0.5, 0.6) is 0 Å². The SMILES string of the molecule is CC(C)c1cc(C(F)(F)F)c2ncsc2n1. The molecular formula is C10H9F3N2S. The van der Waals surface area contributed by atoms with Crippen LogP contribution < -0.4 is 0 Å². The zero-order valence-corrected chi connectivity index (χ0v) is 9.49. The highest BCUT2D eigenvalue weighted by Crippen LogP contribution is 2.36. The molecule has 0 amide bonds. The van der Waals surface area contributed by atoms with Crippen molar-refractivity contribution in [2.24, 2.45) is 0 Å². The number of aromatic nitrogens is 2. The van der Waals surface area contributed by atoms with E-state index < -0.39 is 11.7 Å². The lowest BCUT2D eigenvalue weighted by molar-refractivity contribution is -0.136. The average molecular weight is 246 g/mol. The molecule has 0 aliphatic carbocycles. The molecule has 0 aliphatic heterocycles. The topological polar surface area (TPSA) is 25.8 Å². The molecule has 0 unspecified atom stereocenters. The molecule has 16 heavy (non-hydrogen) atoms. The first-order valence-corrected chi connectivity index (χ1v) is 5.59. The van der Waals surface area contributed by atoms with Gasteiger partial charge in [-0.1, -0.05) is 13.8 Å². The maximum absolute atomic E-state index is 12.8. The van der Waals surface area contributed by atoms with Crippen LogP contribution in [0, 0.1) is 0 Å². The standard InChI is InChI=1S/C10H9F3N2S/c1-5(2)7-3-6(10(11,12)13)8-9(15-7)16-4-14-8/h3-5H,1-2H3. The second-order valence-corrected chi connectivity index (χ2v) is 4.59. The number of hydrogen-bond donors (Lipinski definition) is 0. The van der Waals surface area contributed by atoms with Gasteiger partial charge >= 0.3 is 6.18 Å². The summed E-state index contributed by atoms with van der Waals surface area (Å²) in [6.45, 7) is 3.63. The lowest BCUT2D eigenvalue weighted by atomic mass is 10.1. The molecule has 0 aromatic carbocycles. The van der Waals surface area contributed by atoms with E-state index in [1.54, 1.807) is 0 Å². The molecule has 0 atom stereocenters. The van der Waals surface area contributed by atoms with Gasteiger partial charge in [0.05, 0.1) is 11.1 Å². The van der Waals surface area contributed by atoms with Crippen molar-refractivity contribution in [3.05, 3.63) is 22.8 Å². The number of hydrogen-bond acceptors (Lipinski definition) is 3. The maximum atomic E-state index is 12.8. The third-order valence-electron chi connectivity index (χ3n) is 2.22. The molecule has 0 fully saturated rings. The predicted octanol–water partition coefficient (Wildman–Crippen LogP) is 3.83. The van der Waals surface area contributed by atoms with Gasteiger partial charge in [0.1, 0.15) is 10.3 Å². The van der Waals surface area contributed by atoms with E-state index in [1.807, 2.05) is 13.8 Å². The fourth-order valence-corrected chi connectivity index (χ4v) is 2.07. The van der Waals surface area contributed by atoms with E-state index in [2.05, 4.69) is 9.97 Å². The molecule has 0 radical (unpaired) electrons. The Morgan fingerprint density at radius 2 is 2.00 bits per heavy atom. The molecule has 0 N–H and O–H groups in total. The van der Waals surface area contributed by atoms with Crippen LogP contribution in [0.1, 0.15) is 31.0 Å². The molecular weight excluding hydrogens is 237 g/mol. The summed E-state index contributed by atoms with van der Waals surface area (Å²) in [5, 5.41) is 0. The zero-order valence-electron chi connectivity index (χ0n) is 8.67. The average Bonchev–Trinajstić information content (AvgIpc) is 2.61. The van der Waals surface area contributed by atoms with Crippen molar-refractivity contribution in [2.75, 3.05) is 0 Å². The zero-order chi connectivity index (χ0) is 11.9. The molecule has 2 nitrogen and oxygen atoms in total. The Bertz CT molecular complexity index is 516. The quantitative estimate of drug-likeness (QED) is 0.764. The summed E-state index contributed by atoms with van der Waals surface area (Å²) < 4.78 is 38.3. The minimum Gasteiger partial charge on any atom is -0.242 e. The monoisotopic (exact) mass is 246 g/mol. The first kappa shape index (κ1) is 11.3. The van der Waals surface area contributed by atoms with Crippen LogP contribution in [0.4, 0.5) is 13.2 Å². The van der Waals surface area contributed by atoms with Gasteiger partial charge < -0.3 is 0 Å². The number of rotatable bonds is 1. The largest absolute Gasteiger partial charge is 0.418 e. The molecule has 6 heteroatoms. The minimum atomic E-state index is -4.38. The Morgan fingerprint density at radius 3 is 2.56 bits per heavy atom. The highest BCUT2D eigenvalue weighted by atomic mass is 32.1. The summed E-state index contributed by atoms with van der Waals surface area (Å²) in [5.74, 6) is -0.0346. The molecule has 86 valence electrons. The molecule has 0 aliphatic rings. The van der Waals surface area contributed by atoms with Crippen LogP contribution >= 0.6 is 11.3 Å². The van der Waals surface area contributed by atoms with Crippen molar-refractivity contribution in [3.8, 4) is 0 Å². The molecule has 2 aromatic heterocycles. The lowest BCUT2D eigenvalue weighted by Crippen LogP contribution is -2.08. The van der Waals surface area contributed by atoms with Crippen LogP contribution in [0.2, 0.25) is 0 Å². The number of thiazole rings is 1. The Labute approximate surface area is 94.1 Å². The molecule has 2 rings (SSSR count). The van der Waals surface area contributed by atoms with Crippen molar-refractivity contribution in [3.63, 3.8) is 0 Å². The van der Waals surface area contributed by atoms with Gasteiger partial charge in [-0.3, -0.25) is 0 Å². The Hall–Kier alpha value is -1.17. The summed E-state index contributed by atoms with van der Waals surface area (Å²) in [6, 6.07) is 1.09. The van der Waals surface area contributed by atoms with Gasteiger partial charge in [0.2, 0.25) is 0 Å². The highest BCUT2D eigenvalue weighted by Gasteiger charge is 2.34. The Balaban J connectivity index is 2.74. The number of halogens is 3. The van der Waals surface area contributed by atoms with E-state index in [1.165, 1.54) is 5.51 Å². The predicted molar refractivity (Wildman–Crippen MR) is 56.5 cm³/mol. The van der Waals surface area contributed by atoms with E-state index in [0.717, 1.165) is 17.4 Å². The molecule has 2 heterocycles. The van der Waals surface area contributed by atoms with E-state index in [0.29, 0.717) is 10.5 Å². The van der Waals surface area contributed by atoms with Crippen LogP contribution in [-0.4, -0.2) is 9.97 Å². The number of fused-ring (bicyclic) bond motifs is 1. The summed E-state index contributed by atoms with van der Waals surface area (Å²) in [4.78, 5) is 8.23. The molecule has 0 saturated carbocycles. The van der Waals surface area contributed by atoms with Crippen molar-refractivity contribution >= 4 is 21.7 Å². The first-order chi connectivity index (χ1) is 7.39. The summed E-state index contributed by atoms with van der Waals surface area (Å²) in [5.41, 5.74) is 1.09. The van der Waals surface area contributed by atoms with Gasteiger partial charge in [0.25, 0.3) is 0 Å². The van der Waals surface area contributed by atoms with Gasteiger partial charge in [-0.05, 0) is 12.0 Å². The number of alkyl halides is 3. The third-order valence-corrected chi connectivity index (χ3v) is 2.94. The van der Waals surface area contributed by atoms with Gasteiger partial charge in [-0.2, -0.15) is 13.2 Å². The number of nitrogens with zero attached hydrogens (tertiary/aromatic N) is 2. The fourth-order valence-electron chi connectivity index (χ4n) is 1.38. The second-order valence-electron chi connectivity index (χ2n) is 3.75. The van der Waals surface area contributed by atoms with E-state index in [-0.39, 0.29) is 11.4 Å². The van der Waals surface area contributed by atoms with Crippen LogP contribution in [-0.2, 0) is 6.18 Å². The van der Waals surface area contributed by atoms with E-state index in [4.69, 9.17) is 0 Å². The minimum absolute atomic E-state index is 0.0346. The smallest absolute Gasteiger partial charge is 0.242 e. The van der Waals surface area contributed by atoms with Gasteiger partial charge in [-0.25, -0.2) is 9.97 Å².